The van der Waals surface area contributed by atoms with E-state index in [2.05, 4.69) is 0 Å². The molecule has 4 heteroatoms. The highest BCUT2D eigenvalue weighted by molar-refractivity contribution is 6.31. The molecule has 1 aromatic carbocycles. The molecule has 19 heavy (non-hydrogen) atoms. The van der Waals surface area contributed by atoms with E-state index >= 15 is 0 Å². The molecule has 0 radical (unpaired) electrons. The van der Waals surface area contributed by atoms with Crippen LogP contribution in [-0.2, 0) is 16.1 Å². The molecule has 0 unspecified atom stereocenters. The second-order valence-corrected chi connectivity index (χ2v) is 5.76. The molecule has 0 saturated heterocycles. The Labute approximate surface area is 119 Å². The van der Waals surface area contributed by atoms with Crippen LogP contribution in [-0.4, -0.2) is 11.5 Å². The van der Waals surface area contributed by atoms with Gasteiger partial charge in [-0.25, -0.2) is 0 Å². The minimum atomic E-state index is -0.365. The topological polar surface area (TPSA) is 52.3 Å². The molecule has 1 aliphatic carbocycles. The Bertz CT molecular complexity index is 442. The van der Waals surface area contributed by atoms with Gasteiger partial charge in [0.15, 0.2) is 0 Å². The molecule has 0 spiro atoms. The van der Waals surface area contributed by atoms with E-state index in [4.69, 9.17) is 22.1 Å². The molecule has 0 aromatic heterocycles. The summed E-state index contributed by atoms with van der Waals surface area (Å²) in [5.41, 5.74) is 6.69. The average Bonchev–Trinajstić information content (AvgIpc) is 2.38. The lowest BCUT2D eigenvalue weighted by molar-refractivity contribution is -0.146. The molecule has 104 valence electrons. The summed E-state index contributed by atoms with van der Waals surface area (Å²) in [5.74, 6) is -0.232. The molecular formula is C15H20ClNO2. The van der Waals surface area contributed by atoms with Crippen LogP contribution in [0.25, 0.3) is 0 Å². The van der Waals surface area contributed by atoms with Crippen LogP contribution in [0, 0.1) is 0 Å². The Hall–Kier alpha value is -1.06. The molecule has 0 bridgehead atoms. The number of carbonyl (C=O) groups is 1. The summed E-state index contributed by atoms with van der Waals surface area (Å²) in [7, 11) is 0. The average molecular weight is 282 g/mol. The zero-order valence-electron chi connectivity index (χ0n) is 11.0. The largest absolute Gasteiger partial charge is 0.461 e. The minimum absolute atomic E-state index is 0.217. The van der Waals surface area contributed by atoms with Crippen LogP contribution >= 0.6 is 11.6 Å². The normalized spacial score (nSPS) is 18.0. The third-order valence-electron chi connectivity index (χ3n) is 3.69. The van der Waals surface area contributed by atoms with Crippen molar-refractivity contribution in [1.82, 2.24) is 0 Å². The van der Waals surface area contributed by atoms with Gasteiger partial charge in [0.2, 0.25) is 0 Å². The number of rotatable bonds is 4. The van der Waals surface area contributed by atoms with Crippen LogP contribution in [0.4, 0.5) is 0 Å². The zero-order valence-corrected chi connectivity index (χ0v) is 11.8. The SMILES string of the molecule is NC1(CC(=O)OCc2ccccc2Cl)CCCCC1. The lowest BCUT2D eigenvalue weighted by atomic mass is 9.80. The fraction of sp³-hybridized carbons (Fsp3) is 0.533. The number of ether oxygens (including phenoxy) is 1. The summed E-state index contributed by atoms with van der Waals surface area (Å²) < 4.78 is 5.27. The Morgan fingerprint density at radius 3 is 2.63 bits per heavy atom. The van der Waals surface area contributed by atoms with Gasteiger partial charge in [-0.05, 0) is 18.9 Å². The van der Waals surface area contributed by atoms with Gasteiger partial charge in [-0.1, -0.05) is 49.1 Å². The molecule has 1 saturated carbocycles. The van der Waals surface area contributed by atoms with Crippen molar-refractivity contribution in [3.63, 3.8) is 0 Å². The Morgan fingerprint density at radius 1 is 1.26 bits per heavy atom. The molecular weight excluding hydrogens is 262 g/mol. The van der Waals surface area contributed by atoms with Gasteiger partial charge in [0.25, 0.3) is 0 Å². The maximum Gasteiger partial charge on any atom is 0.307 e. The molecule has 1 aromatic rings. The number of esters is 1. The number of hydrogen-bond donors (Lipinski definition) is 1. The highest BCUT2D eigenvalue weighted by atomic mass is 35.5. The number of halogens is 1. The first-order valence-corrected chi connectivity index (χ1v) is 7.15. The van der Waals surface area contributed by atoms with Crippen LogP contribution in [0.5, 0.6) is 0 Å². The van der Waals surface area contributed by atoms with Gasteiger partial charge in [-0.3, -0.25) is 4.79 Å². The molecule has 0 heterocycles. The number of benzene rings is 1. The van der Waals surface area contributed by atoms with Crippen LogP contribution in [0.1, 0.15) is 44.1 Å². The summed E-state index contributed by atoms with van der Waals surface area (Å²) in [6, 6.07) is 7.37. The third-order valence-corrected chi connectivity index (χ3v) is 4.06. The summed E-state index contributed by atoms with van der Waals surface area (Å²) in [4.78, 5) is 11.9. The number of carbonyl (C=O) groups excluding carboxylic acids is 1. The first-order valence-electron chi connectivity index (χ1n) is 6.77. The fourth-order valence-electron chi connectivity index (χ4n) is 2.54. The van der Waals surface area contributed by atoms with Gasteiger partial charge in [0.05, 0.1) is 6.42 Å². The van der Waals surface area contributed by atoms with Crippen LogP contribution in [0.3, 0.4) is 0 Å². The molecule has 2 N–H and O–H groups in total. The van der Waals surface area contributed by atoms with Crippen molar-refractivity contribution in [3.8, 4) is 0 Å². The van der Waals surface area contributed by atoms with E-state index in [1.54, 1.807) is 6.07 Å². The van der Waals surface area contributed by atoms with E-state index < -0.39 is 0 Å². The Morgan fingerprint density at radius 2 is 1.95 bits per heavy atom. The lowest BCUT2D eigenvalue weighted by Gasteiger charge is -2.32. The van der Waals surface area contributed by atoms with Crippen molar-refractivity contribution in [2.24, 2.45) is 5.73 Å². The lowest BCUT2D eigenvalue weighted by Crippen LogP contribution is -2.43. The predicted octanol–water partition coefficient (Wildman–Crippen LogP) is 3.43. The zero-order chi connectivity index (χ0) is 13.7. The maximum atomic E-state index is 11.9. The summed E-state index contributed by atoms with van der Waals surface area (Å²) in [6.45, 7) is 0.217. The Balaban J connectivity index is 1.83. The van der Waals surface area contributed by atoms with Crippen LogP contribution in [0.15, 0.2) is 24.3 Å². The highest BCUT2D eigenvalue weighted by Crippen LogP contribution is 2.29. The van der Waals surface area contributed by atoms with Crippen LogP contribution in [0.2, 0.25) is 5.02 Å². The van der Waals surface area contributed by atoms with Gasteiger partial charge >= 0.3 is 5.97 Å². The van der Waals surface area contributed by atoms with Gasteiger partial charge in [-0.2, -0.15) is 0 Å². The monoisotopic (exact) mass is 281 g/mol. The highest BCUT2D eigenvalue weighted by Gasteiger charge is 2.30. The smallest absolute Gasteiger partial charge is 0.307 e. The van der Waals surface area contributed by atoms with E-state index in [1.165, 1.54) is 6.42 Å². The minimum Gasteiger partial charge on any atom is -0.461 e. The second kappa shape index (κ2) is 6.40. The maximum absolute atomic E-state index is 11.9. The molecule has 3 nitrogen and oxygen atoms in total. The molecule has 2 rings (SSSR count). The van der Waals surface area contributed by atoms with Crippen molar-refractivity contribution in [2.75, 3.05) is 0 Å². The van der Waals surface area contributed by atoms with Gasteiger partial charge < -0.3 is 10.5 Å². The van der Waals surface area contributed by atoms with Gasteiger partial charge in [0, 0.05) is 16.1 Å². The van der Waals surface area contributed by atoms with E-state index in [0.717, 1.165) is 31.2 Å². The van der Waals surface area contributed by atoms with Crippen molar-refractivity contribution >= 4 is 17.6 Å². The first kappa shape index (κ1) is 14.4. The van der Waals surface area contributed by atoms with E-state index in [9.17, 15) is 4.79 Å². The predicted molar refractivity (Wildman–Crippen MR) is 75.9 cm³/mol. The van der Waals surface area contributed by atoms with Gasteiger partial charge in [-0.15, -0.1) is 0 Å². The molecule has 0 aliphatic heterocycles. The summed E-state index contributed by atoms with van der Waals surface area (Å²) in [5, 5.41) is 0.621. The van der Waals surface area contributed by atoms with Crippen molar-refractivity contribution < 1.29 is 9.53 Å². The molecule has 0 atom stereocenters. The molecule has 1 fully saturated rings. The quantitative estimate of drug-likeness (QED) is 0.860. The van der Waals surface area contributed by atoms with Crippen molar-refractivity contribution in [2.45, 2.75) is 50.7 Å². The standard InChI is InChI=1S/C15H20ClNO2/c16-13-7-3-2-6-12(13)11-19-14(18)10-15(17)8-4-1-5-9-15/h2-3,6-7H,1,4-5,8-11,17H2. The Kier molecular flexibility index (Phi) is 4.83. The number of nitrogens with two attached hydrogens (primary N) is 1. The van der Waals surface area contributed by atoms with E-state index in [-0.39, 0.29) is 18.1 Å². The third kappa shape index (κ3) is 4.22. The molecule has 0 amide bonds. The van der Waals surface area contributed by atoms with E-state index in [1.807, 2.05) is 18.2 Å². The van der Waals surface area contributed by atoms with Crippen molar-refractivity contribution in [1.29, 1.82) is 0 Å². The first-order chi connectivity index (χ1) is 9.09. The number of hydrogen-bond acceptors (Lipinski definition) is 3. The summed E-state index contributed by atoms with van der Waals surface area (Å²) in [6.07, 6.45) is 5.55. The van der Waals surface area contributed by atoms with E-state index in [0.29, 0.717) is 11.4 Å². The van der Waals surface area contributed by atoms with Crippen molar-refractivity contribution in [3.05, 3.63) is 34.9 Å². The van der Waals surface area contributed by atoms with Gasteiger partial charge in [0.1, 0.15) is 6.61 Å². The fourth-order valence-corrected chi connectivity index (χ4v) is 2.74. The summed E-state index contributed by atoms with van der Waals surface area (Å²) >= 11 is 6.01. The second-order valence-electron chi connectivity index (χ2n) is 5.35. The molecule has 1 aliphatic rings. The van der Waals surface area contributed by atoms with Crippen LogP contribution < -0.4 is 5.73 Å².